The average molecular weight is 397 g/mol. The molecule has 146 valence electrons. The predicted molar refractivity (Wildman–Crippen MR) is 104 cm³/mol. The largest absolute Gasteiger partial charge is 0.477 e. The Labute approximate surface area is 161 Å². The van der Waals surface area contributed by atoms with Crippen molar-refractivity contribution in [2.24, 2.45) is 11.7 Å². The van der Waals surface area contributed by atoms with Crippen molar-refractivity contribution in [3.05, 3.63) is 39.4 Å². The monoisotopic (exact) mass is 396 g/mol. The number of pyridine rings is 1. The van der Waals surface area contributed by atoms with Crippen molar-refractivity contribution in [2.75, 3.05) is 36.6 Å². The van der Waals surface area contributed by atoms with Crippen LogP contribution in [0.2, 0.25) is 0 Å². The van der Waals surface area contributed by atoms with Crippen molar-refractivity contribution in [2.45, 2.75) is 19.4 Å². The lowest BCUT2D eigenvalue weighted by molar-refractivity contribution is 0.0695. The van der Waals surface area contributed by atoms with Crippen molar-refractivity contribution in [1.29, 1.82) is 0 Å². The molecule has 2 aromatic rings. The molecule has 0 bridgehead atoms. The molecule has 4 rings (SSSR count). The molecule has 9 heteroatoms. The molecule has 7 nitrogen and oxygen atoms in total. The van der Waals surface area contributed by atoms with Crippen LogP contribution in [0.4, 0.5) is 10.1 Å². The van der Waals surface area contributed by atoms with Gasteiger partial charge in [-0.25, -0.2) is 9.18 Å². The lowest BCUT2D eigenvalue weighted by atomic mass is 9.99. The molecule has 2 aliphatic rings. The van der Waals surface area contributed by atoms with Gasteiger partial charge in [-0.1, -0.05) is 6.92 Å². The first-order valence-electron chi connectivity index (χ1n) is 8.65. The van der Waals surface area contributed by atoms with E-state index in [2.05, 4.69) is 0 Å². The normalized spacial score (nSPS) is 21.5. The first kappa shape index (κ1) is 19.4. The zero-order valence-electron chi connectivity index (χ0n) is 15.1. The van der Waals surface area contributed by atoms with E-state index in [4.69, 9.17) is 5.73 Å². The molecule has 3 N–H and O–H groups in total. The van der Waals surface area contributed by atoms with Crippen molar-refractivity contribution in [3.8, 4) is 0 Å². The molecule has 0 unspecified atom stereocenters. The van der Waals surface area contributed by atoms with Crippen LogP contribution in [0.1, 0.15) is 22.8 Å². The first-order valence-corrected chi connectivity index (χ1v) is 8.65. The number of carboxylic acid groups (broad SMARTS) is 1. The van der Waals surface area contributed by atoms with E-state index in [9.17, 15) is 14.7 Å². The standard InChI is InChI=1S/C18H21FN4O3.ClH/c1-9-6-22(8-14(9)20)16-10-3-4-21(2)23-7-12(18(25)26)17(24)11(15(10)23)5-13(16)19;/h5,7,9,14H,3-4,6,8,20H2,1-2H3,(H,25,26);1H/t9-,14+;/m1./s1. The molecule has 3 heterocycles. The van der Waals surface area contributed by atoms with Gasteiger partial charge in [-0.2, -0.15) is 0 Å². The number of hydrogen-bond donors (Lipinski definition) is 2. The number of likely N-dealkylation sites (N-methyl/N-ethyl adjacent to an activating group) is 1. The van der Waals surface area contributed by atoms with Crippen LogP contribution < -0.4 is 21.1 Å². The number of anilines is 1. The number of aromatic nitrogens is 1. The van der Waals surface area contributed by atoms with Crippen LogP contribution in [-0.2, 0) is 6.42 Å². The predicted octanol–water partition coefficient (Wildman–Crippen LogP) is 1.17. The van der Waals surface area contributed by atoms with Gasteiger partial charge in [0.1, 0.15) is 11.4 Å². The van der Waals surface area contributed by atoms with Gasteiger partial charge in [0.05, 0.1) is 16.6 Å². The topological polar surface area (TPSA) is 91.8 Å². The maximum absolute atomic E-state index is 15.0. The summed E-state index contributed by atoms with van der Waals surface area (Å²) in [6.07, 6.45) is 1.90. The van der Waals surface area contributed by atoms with Gasteiger partial charge in [0.2, 0.25) is 5.43 Å². The Morgan fingerprint density at radius 1 is 1.37 bits per heavy atom. The number of nitrogens with zero attached hydrogens (tertiary/aromatic N) is 3. The summed E-state index contributed by atoms with van der Waals surface area (Å²) in [6, 6.07) is 1.15. The zero-order chi connectivity index (χ0) is 18.7. The Kier molecular flexibility index (Phi) is 4.81. The first-order chi connectivity index (χ1) is 12.3. The van der Waals surface area contributed by atoms with E-state index in [1.165, 1.54) is 12.3 Å². The SMILES string of the molecule is C[C@@H]1CN(c2c(F)cc3c(=O)c(C(=O)O)cn4c3c2CCN4C)C[C@@H]1N.Cl. The summed E-state index contributed by atoms with van der Waals surface area (Å²) in [5, 5.41) is 11.3. The molecule has 0 amide bonds. The summed E-state index contributed by atoms with van der Waals surface area (Å²) in [5.74, 6) is -1.56. The number of nitrogens with two attached hydrogens (primary N) is 1. The summed E-state index contributed by atoms with van der Waals surface area (Å²) in [5.41, 5.74) is 6.91. The van der Waals surface area contributed by atoms with E-state index in [0.29, 0.717) is 37.3 Å². The lowest BCUT2D eigenvalue weighted by Crippen LogP contribution is -2.39. The molecule has 0 aliphatic carbocycles. The van der Waals surface area contributed by atoms with E-state index in [1.54, 1.807) is 4.68 Å². The number of carbonyl (C=O) groups is 1. The molecule has 0 spiro atoms. The molecule has 0 radical (unpaired) electrons. The summed E-state index contributed by atoms with van der Waals surface area (Å²) >= 11 is 0. The van der Waals surface area contributed by atoms with E-state index in [0.717, 1.165) is 5.56 Å². The molecule has 27 heavy (non-hydrogen) atoms. The summed E-state index contributed by atoms with van der Waals surface area (Å²) in [4.78, 5) is 26.0. The quantitative estimate of drug-likeness (QED) is 0.791. The highest BCUT2D eigenvalue weighted by Crippen LogP contribution is 2.36. The second-order valence-electron chi connectivity index (χ2n) is 7.28. The third kappa shape index (κ3) is 2.83. The Morgan fingerprint density at radius 2 is 2.07 bits per heavy atom. The van der Waals surface area contributed by atoms with Gasteiger partial charge in [-0.3, -0.25) is 9.47 Å². The second kappa shape index (κ2) is 6.69. The minimum Gasteiger partial charge on any atom is -0.477 e. The van der Waals surface area contributed by atoms with Gasteiger partial charge in [0, 0.05) is 44.5 Å². The van der Waals surface area contributed by atoms with Crippen LogP contribution in [-0.4, -0.2) is 48.5 Å². The van der Waals surface area contributed by atoms with E-state index < -0.39 is 17.2 Å². The van der Waals surface area contributed by atoms with Crippen molar-refractivity contribution < 1.29 is 14.3 Å². The Hall–Kier alpha value is -2.32. The molecule has 2 aliphatic heterocycles. The van der Waals surface area contributed by atoms with Crippen LogP contribution >= 0.6 is 12.4 Å². The van der Waals surface area contributed by atoms with E-state index in [1.807, 2.05) is 23.9 Å². The minimum atomic E-state index is -1.31. The lowest BCUT2D eigenvalue weighted by Gasteiger charge is -2.33. The van der Waals surface area contributed by atoms with Crippen LogP contribution in [0.15, 0.2) is 17.1 Å². The molecule has 0 saturated carbocycles. The third-order valence-electron chi connectivity index (χ3n) is 5.56. The smallest absolute Gasteiger partial charge is 0.341 e. The number of halogens is 2. The second-order valence-corrected chi connectivity index (χ2v) is 7.28. The van der Waals surface area contributed by atoms with E-state index >= 15 is 4.39 Å². The Bertz CT molecular complexity index is 983. The Balaban J connectivity index is 0.00000210. The zero-order valence-corrected chi connectivity index (χ0v) is 15.9. The van der Waals surface area contributed by atoms with Crippen LogP contribution in [0, 0.1) is 11.7 Å². The van der Waals surface area contributed by atoms with Crippen LogP contribution in [0.3, 0.4) is 0 Å². The average Bonchev–Trinajstić information content (AvgIpc) is 2.90. The van der Waals surface area contributed by atoms with Gasteiger partial charge in [0.15, 0.2) is 0 Å². The molecule has 1 aromatic heterocycles. The molecule has 1 aromatic carbocycles. The molecular formula is C18H22ClFN4O3. The minimum absolute atomic E-state index is 0. The fourth-order valence-corrected chi connectivity index (χ4v) is 4.06. The maximum atomic E-state index is 15.0. The number of rotatable bonds is 2. The van der Waals surface area contributed by atoms with Crippen LogP contribution in [0.25, 0.3) is 10.9 Å². The van der Waals surface area contributed by atoms with Crippen molar-refractivity contribution in [1.82, 2.24) is 4.68 Å². The third-order valence-corrected chi connectivity index (χ3v) is 5.56. The summed E-state index contributed by atoms with van der Waals surface area (Å²) in [6.45, 7) is 3.85. The van der Waals surface area contributed by atoms with Gasteiger partial charge in [-0.15, -0.1) is 12.4 Å². The van der Waals surface area contributed by atoms with Crippen molar-refractivity contribution >= 4 is 35.0 Å². The van der Waals surface area contributed by atoms with Gasteiger partial charge in [-0.05, 0) is 18.4 Å². The van der Waals surface area contributed by atoms with E-state index in [-0.39, 0.29) is 35.3 Å². The molecule has 1 fully saturated rings. The Morgan fingerprint density at radius 3 is 2.67 bits per heavy atom. The number of benzene rings is 1. The molecule has 2 atom stereocenters. The van der Waals surface area contributed by atoms with Gasteiger partial charge < -0.3 is 20.7 Å². The highest BCUT2D eigenvalue weighted by Gasteiger charge is 2.33. The van der Waals surface area contributed by atoms with Crippen LogP contribution in [0.5, 0.6) is 0 Å². The number of carboxylic acids is 1. The van der Waals surface area contributed by atoms with Crippen molar-refractivity contribution in [3.63, 3.8) is 0 Å². The van der Waals surface area contributed by atoms with Gasteiger partial charge >= 0.3 is 5.97 Å². The van der Waals surface area contributed by atoms with Gasteiger partial charge in [0.25, 0.3) is 0 Å². The maximum Gasteiger partial charge on any atom is 0.341 e. The fraction of sp³-hybridized carbons (Fsp3) is 0.444. The number of hydrogen-bond acceptors (Lipinski definition) is 5. The molecular weight excluding hydrogens is 375 g/mol. The highest BCUT2D eigenvalue weighted by molar-refractivity contribution is 5.95. The molecule has 1 saturated heterocycles. The summed E-state index contributed by atoms with van der Waals surface area (Å²) < 4.78 is 16.7. The highest BCUT2D eigenvalue weighted by atomic mass is 35.5. The summed E-state index contributed by atoms with van der Waals surface area (Å²) in [7, 11) is 1.81. The fourth-order valence-electron chi connectivity index (χ4n) is 4.06. The number of aromatic carboxylic acids is 1.